The van der Waals surface area contributed by atoms with Gasteiger partial charge in [-0.2, -0.15) is 0 Å². The quantitative estimate of drug-likeness (QED) is 0.432. The zero-order valence-electron chi connectivity index (χ0n) is 18.3. The Kier molecular flexibility index (Phi) is 7.53. The maximum absolute atomic E-state index is 13.3. The van der Waals surface area contributed by atoms with E-state index in [9.17, 15) is 4.57 Å². The van der Waals surface area contributed by atoms with E-state index in [1.807, 2.05) is 0 Å². The van der Waals surface area contributed by atoms with Crippen LogP contribution in [0.15, 0.2) is 0 Å². The monoisotopic (exact) mass is 398 g/mol. The number of rotatable bonds is 6. The molecule has 0 spiro atoms. The molecular weight excluding hydrogens is 355 g/mol. The Hall–Kier alpha value is 0.150. The maximum atomic E-state index is 13.3. The molecule has 1 atom stereocenters. The minimum Gasteiger partial charge on any atom is -0.312 e. The van der Waals surface area contributed by atoms with E-state index in [-0.39, 0.29) is 11.8 Å². The molecule has 1 unspecified atom stereocenters. The Morgan fingerprint density at radius 2 is 1.30 bits per heavy atom. The molecule has 158 valence electrons. The first kappa shape index (κ1) is 21.8. The van der Waals surface area contributed by atoms with Crippen molar-refractivity contribution in [2.75, 3.05) is 7.11 Å². The molecule has 27 heavy (non-hydrogen) atoms. The van der Waals surface area contributed by atoms with E-state index in [1.165, 1.54) is 57.8 Å². The number of hydrogen-bond donors (Lipinski definition) is 0. The summed E-state index contributed by atoms with van der Waals surface area (Å²) in [5, 5.41) is 0. The largest absolute Gasteiger partial charge is 0.333 e. The van der Waals surface area contributed by atoms with Crippen LogP contribution >= 0.6 is 7.60 Å². The third-order valence-electron chi connectivity index (χ3n) is 8.37. The van der Waals surface area contributed by atoms with Crippen LogP contribution in [-0.2, 0) is 13.6 Å². The molecule has 0 N–H and O–H groups in total. The van der Waals surface area contributed by atoms with Gasteiger partial charge in [0.15, 0.2) is 0 Å². The zero-order chi connectivity index (χ0) is 19.5. The summed E-state index contributed by atoms with van der Waals surface area (Å²) in [5.41, 5.74) is 0.564. The van der Waals surface area contributed by atoms with Crippen molar-refractivity contribution in [1.82, 2.24) is 0 Å². The van der Waals surface area contributed by atoms with Crippen LogP contribution in [0.25, 0.3) is 0 Å². The van der Waals surface area contributed by atoms with Crippen molar-refractivity contribution in [2.45, 2.75) is 116 Å². The van der Waals surface area contributed by atoms with Gasteiger partial charge in [-0.15, -0.1) is 0 Å². The lowest BCUT2D eigenvalue weighted by molar-refractivity contribution is 0.0195. The summed E-state index contributed by atoms with van der Waals surface area (Å²) in [6.45, 7) is 7.44. The van der Waals surface area contributed by atoms with Crippen molar-refractivity contribution < 1.29 is 13.6 Å². The lowest BCUT2D eigenvalue weighted by Crippen LogP contribution is -2.38. The molecule has 3 aliphatic rings. The first-order chi connectivity index (χ1) is 12.8. The predicted molar refractivity (Wildman–Crippen MR) is 113 cm³/mol. The summed E-state index contributed by atoms with van der Waals surface area (Å²) in [6, 6.07) is 0. The standard InChI is InChI=1S/C23H43O3P/c1-18-10-12-19(13-11-18)23(2,3)20-14-16-21(17-15-20)26-27(24,25-4)22-8-6-5-7-9-22/h18-22H,5-17H2,1-4H3. The predicted octanol–water partition coefficient (Wildman–Crippen LogP) is 7.59. The fourth-order valence-corrected chi connectivity index (χ4v) is 8.31. The highest BCUT2D eigenvalue weighted by Gasteiger charge is 2.43. The molecule has 0 aromatic carbocycles. The molecule has 3 rings (SSSR count). The molecule has 0 aromatic heterocycles. The Morgan fingerprint density at radius 1 is 0.778 bits per heavy atom. The molecule has 0 aliphatic heterocycles. The molecule has 3 fully saturated rings. The topological polar surface area (TPSA) is 35.5 Å². The van der Waals surface area contributed by atoms with Crippen molar-refractivity contribution in [3.63, 3.8) is 0 Å². The average Bonchev–Trinajstić information content (AvgIpc) is 2.69. The molecule has 0 saturated heterocycles. The van der Waals surface area contributed by atoms with E-state index in [4.69, 9.17) is 9.05 Å². The Bertz CT molecular complexity index is 496. The highest BCUT2D eigenvalue weighted by molar-refractivity contribution is 7.54. The van der Waals surface area contributed by atoms with Gasteiger partial charge >= 0.3 is 7.60 Å². The summed E-state index contributed by atoms with van der Waals surface area (Å²) in [6.07, 6.45) is 15.9. The third kappa shape index (κ3) is 5.20. The Balaban J connectivity index is 1.52. The molecule has 0 aromatic rings. The lowest BCUT2D eigenvalue weighted by Gasteiger charge is -2.46. The van der Waals surface area contributed by atoms with Gasteiger partial charge in [0, 0.05) is 7.11 Å². The van der Waals surface area contributed by atoms with Crippen molar-refractivity contribution in [3.05, 3.63) is 0 Å². The van der Waals surface area contributed by atoms with Crippen LogP contribution in [0, 0.1) is 23.2 Å². The molecule has 0 radical (unpaired) electrons. The number of hydrogen-bond acceptors (Lipinski definition) is 3. The van der Waals surface area contributed by atoms with Gasteiger partial charge in [-0.1, -0.05) is 52.9 Å². The molecule has 3 saturated carbocycles. The summed E-state index contributed by atoms with van der Waals surface area (Å²) in [5.74, 6) is 2.58. The Labute approximate surface area is 167 Å². The second-order valence-electron chi connectivity index (χ2n) is 10.4. The first-order valence-corrected chi connectivity index (χ1v) is 13.3. The second kappa shape index (κ2) is 9.31. The molecule has 0 bridgehead atoms. The van der Waals surface area contributed by atoms with Crippen molar-refractivity contribution in [1.29, 1.82) is 0 Å². The van der Waals surface area contributed by atoms with Crippen molar-refractivity contribution in [3.8, 4) is 0 Å². The highest BCUT2D eigenvalue weighted by Crippen LogP contribution is 2.59. The molecule has 3 nitrogen and oxygen atoms in total. The van der Waals surface area contributed by atoms with Crippen LogP contribution in [0.2, 0.25) is 0 Å². The molecule has 0 heterocycles. The maximum Gasteiger partial charge on any atom is 0.333 e. The molecule has 3 aliphatic carbocycles. The fourth-order valence-electron chi connectivity index (χ4n) is 6.13. The first-order valence-electron chi connectivity index (χ1n) is 11.7. The van der Waals surface area contributed by atoms with Crippen LogP contribution in [0.1, 0.15) is 104 Å². The van der Waals surface area contributed by atoms with Crippen LogP contribution in [0.5, 0.6) is 0 Å². The van der Waals surface area contributed by atoms with E-state index < -0.39 is 7.60 Å². The van der Waals surface area contributed by atoms with Gasteiger partial charge in [-0.05, 0) is 74.5 Å². The van der Waals surface area contributed by atoms with Crippen LogP contribution < -0.4 is 0 Å². The SMILES string of the molecule is COP(=O)(OC1CCC(C(C)(C)C2CCC(C)CC2)CC1)C1CCCCC1. The van der Waals surface area contributed by atoms with Gasteiger partial charge in [0.05, 0.1) is 11.8 Å². The molecule has 0 amide bonds. The summed E-state index contributed by atoms with van der Waals surface area (Å²) >= 11 is 0. The van der Waals surface area contributed by atoms with Gasteiger partial charge in [-0.3, -0.25) is 4.57 Å². The van der Waals surface area contributed by atoms with Gasteiger partial charge in [0.25, 0.3) is 0 Å². The second-order valence-corrected chi connectivity index (χ2v) is 12.8. The summed E-state index contributed by atoms with van der Waals surface area (Å²) in [4.78, 5) is 0. The van der Waals surface area contributed by atoms with Gasteiger partial charge in [-0.25, -0.2) is 0 Å². The third-order valence-corrected chi connectivity index (χ3v) is 10.9. The van der Waals surface area contributed by atoms with E-state index in [1.54, 1.807) is 7.11 Å². The lowest BCUT2D eigenvalue weighted by atomic mass is 9.60. The van der Waals surface area contributed by atoms with Crippen molar-refractivity contribution >= 4 is 7.60 Å². The van der Waals surface area contributed by atoms with E-state index in [2.05, 4.69) is 20.8 Å². The van der Waals surface area contributed by atoms with E-state index in [0.29, 0.717) is 5.41 Å². The van der Waals surface area contributed by atoms with Crippen molar-refractivity contribution in [2.24, 2.45) is 23.2 Å². The minimum atomic E-state index is -2.94. The average molecular weight is 399 g/mol. The molecular formula is C23H43O3P. The van der Waals surface area contributed by atoms with Gasteiger partial charge < -0.3 is 9.05 Å². The van der Waals surface area contributed by atoms with E-state index in [0.717, 1.165) is 43.4 Å². The van der Waals surface area contributed by atoms with Crippen LogP contribution in [0.3, 0.4) is 0 Å². The summed E-state index contributed by atoms with van der Waals surface area (Å²) in [7, 11) is -1.35. The normalized spacial score (nSPS) is 36.3. The van der Waals surface area contributed by atoms with Crippen LogP contribution in [0.4, 0.5) is 0 Å². The van der Waals surface area contributed by atoms with E-state index >= 15 is 0 Å². The smallest absolute Gasteiger partial charge is 0.312 e. The Morgan fingerprint density at radius 3 is 1.81 bits per heavy atom. The molecule has 4 heteroatoms. The summed E-state index contributed by atoms with van der Waals surface area (Å²) < 4.78 is 25.1. The fraction of sp³-hybridized carbons (Fsp3) is 1.00. The highest BCUT2D eigenvalue weighted by atomic mass is 31.2. The zero-order valence-corrected chi connectivity index (χ0v) is 19.1. The van der Waals surface area contributed by atoms with Gasteiger partial charge in [0.1, 0.15) is 0 Å². The van der Waals surface area contributed by atoms with Crippen LogP contribution in [-0.4, -0.2) is 18.9 Å². The minimum absolute atomic E-state index is 0.134. The van der Waals surface area contributed by atoms with Gasteiger partial charge in [0.2, 0.25) is 0 Å².